The van der Waals surface area contributed by atoms with Gasteiger partial charge in [0.15, 0.2) is 0 Å². The minimum Gasteiger partial charge on any atom is -0.383 e. The highest BCUT2D eigenvalue weighted by Gasteiger charge is 2.21. The summed E-state index contributed by atoms with van der Waals surface area (Å²) >= 11 is 9.69. The molecule has 1 rings (SSSR count). The molecule has 0 aliphatic heterocycles. The predicted molar refractivity (Wildman–Crippen MR) is 69.5 cm³/mol. The van der Waals surface area contributed by atoms with Crippen molar-refractivity contribution in [1.29, 1.82) is 0 Å². The van der Waals surface area contributed by atoms with Crippen LogP contribution in [0.5, 0.6) is 0 Å². The molecule has 1 heterocycles. The minimum atomic E-state index is 0.0950. The molecule has 0 amide bonds. The van der Waals surface area contributed by atoms with Gasteiger partial charge in [0.1, 0.15) is 0 Å². The summed E-state index contributed by atoms with van der Waals surface area (Å²) in [4.78, 5) is 4.00. The molecule has 1 aromatic heterocycles. The van der Waals surface area contributed by atoms with E-state index >= 15 is 0 Å². The molecule has 1 aromatic rings. The monoisotopic (exact) mass is 290 g/mol. The van der Waals surface area contributed by atoms with Crippen LogP contribution in [0, 0.1) is 5.41 Å². The van der Waals surface area contributed by atoms with E-state index in [1.807, 2.05) is 6.07 Å². The van der Waals surface area contributed by atoms with Crippen LogP contribution in [0.1, 0.15) is 20.8 Å². The number of alkyl halides is 1. The Hall–Kier alpha value is -0.280. The van der Waals surface area contributed by atoms with E-state index < -0.39 is 0 Å². The van der Waals surface area contributed by atoms with Crippen LogP contribution in [0.4, 0.5) is 5.69 Å². The maximum absolute atomic E-state index is 6.27. The highest BCUT2D eigenvalue weighted by Crippen LogP contribution is 2.26. The number of anilines is 1. The van der Waals surface area contributed by atoms with Crippen molar-refractivity contribution in [2.24, 2.45) is 5.41 Å². The molecule has 0 bridgehead atoms. The van der Waals surface area contributed by atoms with Crippen LogP contribution in [0.3, 0.4) is 0 Å². The number of pyridine rings is 1. The van der Waals surface area contributed by atoms with Crippen molar-refractivity contribution in [2.75, 3.05) is 11.9 Å². The molecule has 0 saturated heterocycles. The van der Waals surface area contributed by atoms with E-state index in [4.69, 9.17) is 11.6 Å². The molecule has 1 N–H and O–H groups in total. The van der Waals surface area contributed by atoms with Crippen LogP contribution in [0.25, 0.3) is 0 Å². The average Bonchev–Trinajstić information content (AvgIpc) is 2.14. The predicted octanol–water partition coefficient (Wildman–Crippen LogP) is 3.91. The zero-order chi connectivity index (χ0) is 11.5. The minimum absolute atomic E-state index is 0.0950. The van der Waals surface area contributed by atoms with Crippen LogP contribution in [-0.4, -0.2) is 16.9 Å². The van der Waals surface area contributed by atoms with Gasteiger partial charge in [0, 0.05) is 18.9 Å². The second kappa shape index (κ2) is 5.17. The molecule has 2 nitrogen and oxygen atoms in total. The van der Waals surface area contributed by atoms with Crippen LogP contribution in [-0.2, 0) is 0 Å². The standard InChI is InChI=1S/C11H16BrClN2/c1-11(2,3)10(13)7-15-9-4-5-14-6-8(9)12/h4-6,10H,7H2,1-3H3,(H,14,15). The summed E-state index contributed by atoms with van der Waals surface area (Å²) in [5, 5.41) is 3.40. The number of aromatic nitrogens is 1. The van der Waals surface area contributed by atoms with Gasteiger partial charge in [0.25, 0.3) is 0 Å². The Bertz CT molecular complexity index is 323. The zero-order valence-electron chi connectivity index (χ0n) is 9.22. The lowest BCUT2D eigenvalue weighted by molar-refractivity contribution is 0.397. The van der Waals surface area contributed by atoms with Crippen molar-refractivity contribution in [2.45, 2.75) is 26.1 Å². The van der Waals surface area contributed by atoms with Crippen molar-refractivity contribution in [3.8, 4) is 0 Å². The number of nitrogens with one attached hydrogen (secondary N) is 1. The van der Waals surface area contributed by atoms with Gasteiger partial charge >= 0.3 is 0 Å². The van der Waals surface area contributed by atoms with E-state index in [0.29, 0.717) is 0 Å². The molecule has 4 heteroatoms. The molecule has 0 aromatic carbocycles. The smallest absolute Gasteiger partial charge is 0.0590 e. The van der Waals surface area contributed by atoms with Crippen molar-refractivity contribution in [3.05, 3.63) is 22.9 Å². The number of nitrogens with zero attached hydrogens (tertiary/aromatic N) is 1. The molecular formula is C11H16BrClN2. The highest BCUT2D eigenvalue weighted by atomic mass is 79.9. The Morgan fingerprint density at radius 2 is 2.20 bits per heavy atom. The summed E-state index contributed by atoms with van der Waals surface area (Å²) in [6, 6.07) is 1.93. The molecule has 0 aliphatic rings. The summed E-state index contributed by atoms with van der Waals surface area (Å²) in [6.07, 6.45) is 3.52. The fraction of sp³-hybridized carbons (Fsp3) is 0.545. The lowest BCUT2D eigenvalue weighted by Crippen LogP contribution is -2.28. The third-order valence-electron chi connectivity index (χ3n) is 2.18. The molecule has 1 atom stereocenters. The molecular weight excluding hydrogens is 275 g/mol. The third-order valence-corrected chi connectivity index (χ3v) is 3.62. The molecule has 84 valence electrons. The fourth-order valence-electron chi connectivity index (χ4n) is 1.02. The van der Waals surface area contributed by atoms with E-state index in [0.717, 1.165) is 16.7 Å². The first-order valence-corrected chi connectivity index (χ1v) is 6.11. The molecule has 0 radical (unpaired) electrons. The first kappa shape index (κ1) is 12.8. The lowest BCUT2D eigenvalue weighted by Gasteiger charge is -2.25. The number of hydrogen-bond donors (Lipinski definition) is 1. The normalized spacial score (nSPS) is 13.7. The lowest BCUT2D eigenvalue weighted by atomic mass is 9.92. The average molecular weight is 292 g/mol. The Morgan fingerprint density at radius 1 is 1.53 bits per heavy atom. The van der Waals surface area contributed by atoms with Crippen molar-refractivity contribution in [3.63, 3.8) is 0 Å². The van der Waals surface area contributed by atoms with Gasteiger partial charge in [0.2, 0.25) is 0 Å². The van der Waals surface area contributed by atoms with E-state index in [1.54, 1.807) is 12.4 Å². The Morgan fingerprint density at radius 3 is 2.73 bits per heavy atom. The Balaban J connectivity index is 2.55. The van der Waals surface area contributed by atoms with E-state index in [-0.39, 0.29) is 10.8 Å². The molecule has 0 saturated carbocycles. The van der Waals surface area contributed by atoms with Crippen molar-refractivity contribution in [1.82, 2.24) is 4.98 Å². The van der Waals surface area contributed by atoms with Crippen molar-refractivity contribution >= 4 is 33.2 Å². The van der Waals surface area contributed by atoms with E-state index in [9.17, 15) is 0 Å². The highest BCUT2D eigenvalue weighted by molar-refractivity contribution is 9.10. The second-order valence-electron chi connectivity index (χ2n) is 4.57. The maximum Gasteiger partial charge on any atom is 0.0590 e. The largest absolute Gasteiger partial charge is 0.383 e. The summed E-state index contributed by atoms with van der Waals surface area (Å²) in [6.45, 7) is 7.14. The topological polar surface area (TPSA) is 24.9 Å². The third kappa shape index (κ3) is 3.99. The van der Waals surface area contributed by atoms with Crippen molar-refractivity contribution < 1.29 is 0 Å². The summed E-state index contributed by atoms with van der Waals surface area (Å²) in [5.74, 6) is 0. The van der Waals surface area contributed by atoms with Crippen LogP contribution in [0.15, 0.2) is 22.9 Å². The number of rotatable bonds is 3. The number of hydrogen-bond acceptors (Lipinski definition) is 2. The maximum atomic E-state index is 6.27. The first-order chi connectivity index (χ1) is 6.91. The second-order valence-corrected chi connectivity index (χ2v) is 5.95. The summed E-state index contributed by atoms with van der Waals surface area (Å²) in [7, 11) is 0. The fourth-order valence-corrected chi connectivity index (χ4v) is 1.49. The molecule has 15 heavy (non-hydrogen) atoms. The van der Waals surface area contributed by atoms with Gasteiger partial charge in [0.05, 0.1) is 15.5 Å². The quantitative estimate of drug-likeness (QED) is 0.854. The Labute approximate surface area is 105 Å². The van der Waals surface area contributed by atoms with Gasteiger partial charge in [-0.3, -0.25) is 4.98 Å². The van der Waals surface area contributed by atoms with Gasteiger partial charge in [-0.1, -0.05) is 20.8 Å². The van der Waals surface area contributed by atoms with E-state index in [1.165, 1.54) is 0 Å². The van der Waals surface area contributed by atoms with Gasteiger partial charge in [-0.05, 0) is 27.4 Å². The summed E-state index contributed by atoms with van der Waals surface area (Å²) < 4.78 is 0.961. The van der Waals surface area contributed by atoms with Gasteiger partial charge in [-0.2, -0.15) is 0 Å². The molecule has 0 fully saturated rings. The van der Waals surface area contributed by atoms with E-state index in [2.05, 4.69) is 47.0 Å². The zero-order valence-corrected chi connectivity index (χ0v) is 11.6. The van der Waals surface area contributed by atoms with Gasteiger partial charge in [-0.25, -0.2) is 0 Å². The first-order valence-electron chi connectivity index (χ1n) is 4.88. The SMILES string of the molecule is CC(C)(C)C(Cl)CNc1ccncc1Br. The van der Waals surface area contributed by atoms with Crippen LogP contribution >= 0.6 is 27.5 Å². The van der Waals surface area contributed by atoms with Crippen LogP contribution in [0.2, 0.25) is 0 Å². The molecule has 0 aliphatic carbocycles. The van der Waals surface area contributed by atoms with Gasteiger partial charge in [-0.15, -0.1) is 11.6 Å². The Kier molecular flexibility index (Phi) is 4.41. The number of halogens is 2. The van der Waals surface area contributed by atoms with Crippen LogP contribution < -0.4 is 5.32 Å². The molecule has 0 spiro atoms. The molecule has 1 unspecified atom stereocenters. The summed E-state index contributed by atoms with van der Waals surface area (Å²) in [5.41, 5.74) is 1.13. The van der Waals surface area contributed by atoms with Gasteiger partial charge < -0.3 is 5.32 Å².